The molecule has 1 N–H and O–H groups in total. The van der Waals surface area contributed by atoms with Gasteiger partial charge in [-0.3, -0.25) is 14.8 Å². The van der Waals surface area contributed by atoms with Crippen LogP contribution in [-0.4, -0.2) is 47.6 Å². The molecule has 1 unspecified atom stereocenters. The molecule has 1 heterocycles. The first-order valence-corrected chi connectivity index (χ1v) is 8.93. The van der Waals surface area contributed by atoms with Gasteiger partial charge in [-0.25, -0.2) is 0 Å². The third-order valence-electron chi connectivity index (χ3n) is 4.50. The average molecular weight is 430 g/mol. The van der Waals surface area contributed by atoms with E-state index in [-0.39, 0.29) is 13.0 Å². The zero-order valence-electron chi connectivity index (χ0n) is 16.4. The van der Waals surface area contributed by atoms with Crippen molar-refractivity contribution in [3.63, 3.8) is 0 Å². The van der Waals surface area contributed by atoms with E-state index in [1.165, 1.54) is 19.3 Å². The summed E-state index contributed by atoms with van der Waals surface area (Å²) in [5.74, 6) is 0. The van der Waals surface area contributed by atoms with Crippen LogP contribution >= 0.6 is 11.6 Å². The first-order valence-electron chi connectivity index (χ1n) is 8.55. The van der Waals surface area contributed by atoms with Crippen LogP contribution in [0.5, 0.6) is 0 Å². The van der Waals surface area contributed by atoms with E-state index >= 15 is 0 Å². The molecule has 2 rings (SSSR count). The van der Waals surface area contributed by atoms with Crippen molar-refractivity contribution in [2.75, 3.05) is 7.05 Å². The molecule has 0 aliphatic carbocycles. The molecule has 0 saturated carbocycles. The second kappa shape index (κ2) is 10.4. The van der Waals surface area contributed by atoms with Crippen LogP contribution in [0.15, 0.2) is 52.2 Å². The molecule has 1 atom stereocenters. The Labute approximate surface area is 172 Å². The van der Waals surface area contributed by atoms with E-state index in [4.69, 9.17) is 11.6 Å². The maximum absolute atomic E-state index is 13.1. The molecule has 1 aliphatic heterocycles. The summed E-state index contributed by atoms with van der Waals surface area (Å²) in [6.07, 6.45) is 0.889. The van der Waals surface area contributed by atoms with Gasteiger partial charge < -0.3 is 5.11 Å². The summed E-state index contributed by atoms with van der Waals surface area (Å²) in [6, 6.07) is 4.69. The summed E-state index contributed by atoms with van der Waals surface area (Å²) in [6.45, 7) is 5.82. The Morgan fingerprint density at radius 2 is 2.14 bits per heavy atom. The summed E-state index contributed by atoms with van der Waals surface area (Å²) < 4.78 is 39.4. The second-order valence-corrected chi connectivity index (χ2v) is 6.82. The Morgan fingerprint density at radius 1 is 1.48 bits per heavy atom. The minimum atomic E-state index is -4.39. The van der Waals surface area contributed by atoms with Gasteiger partial charge in [0, 0.05) is 35.8 Å². The minimum Gasteiger partial charge on any atom is -0.392 e. The van der Waals surface area contributed by atoms with Crippen LogP contribution in [0, 0.1) is 0 Å². The molecule has 1 aromatic rings. The highest BCUT2D eigenvalue weighted by molar-refractivity contribution is 6.30. The van der Waals surface area contributed by atoms with Crippen LogP contribution in [0.25, 0.3) is 0 Å². The van der Waals surface area contributed by atoms with Crippen molar-refractivity contribution >= 4 is 30.3 Å². The number of allylic oxidation sites excluding steroid dienone is 3. The van der Waals surface area contributed by atoms with Gasteiger partial charge in [0.05, 0.1) is 12.3 Å². The van der Waals surface area contributed by atoms with Crippen molar-refractivity contribution in [1.82, 2.24) is 5.01 Å². The number of aliphatic imine (C=N–C) groups is 1. The fourth-order valence-electron chi connectivity index (χ4n) is 2.52. The largest absolute Gasteiger partial charge is 0.413 e. The van der Waals surface area contributed by atoms with Crippen LogP contribution in [0.4, 0.5) is 13.2 Å². The number of benzene rings is 1. The number of rotatable bonds is 5. The monoisotopic (exact) mass is 429 g/mol. The zero-order chi connectivity index (χ0) is 22.2. The number of hydrogen-bond acceptors (Lipinski definition) is 5. The van der Waals surface area contributed by atoms with Gasteiger partial charge in [0.2, 0.25) is 0 Å². The lowest BCUT2D eigenvalue weighted by molar-refractivity contribution is -0.216. The molecular formula is C20H23ClF3N3O2. The fourth-order valence-corrected chi connectivity index (χ4v) is 2.71. The summed E-state index contributed by atoms with van der Waals surface area (Å²) in [7, 11) is 1.30. The third-order valence-corrected chi connectivity index (χ3v) is 4.73. The number of nitrogens with zero attached hydrogens (tertiary/aromatic N) is 3. The number of aliphatic hydroxyl groups is 1. The van der Waals surface area contributed by atoms with Gasteiger partial charge in [-0.15, -0.1) is 0 Å². The van der Waals surface area contributed by atoms with Gasteiger partial charge in [-0.2, -0.15) is 18.3 Å². The van der Waals surface area contributed by atoms with Crippen LogP contribution < -0.4 is 0 Å². The molecule has 0 spiro atoms. The van der Waals surface area contributed by atoms with Gasteiger partial charge in [0.15, 0.2) is 5.54 Å². The molecule has 1 aromatic carbocycles. The molecule has 0 aromatic heterocycles. The lowest BCUT2D eigenvalue weighted by Crippen LogP contribution is -2.50. The molecule has 5 nitrogen and oxygen atoms in total. The van der Waals surface area contributed by atoms with Gasteiger partial charge in [0.25, 0.3) is 0 Å². The van der Waals surface area contributed by atoms with Crippen molar-refractivity contribution in [2.45, 2.75) is 38.6 Å². The van der Waals surface area contributed by atoms with E-state index in [0.29, 0.717) is 27.4 Å². The molecule has 158 valence electrons. The highest BCUT2D eigenvalue weighted by atomic mass is 35.5. The Morgan fingerprint density at radius 3 is 2.59 bits per heavy atom. The summed E-state index contributed by atoms with van der Waals surface area (Å²) in [4.78, 5) is 13.5. The Balaban J connectivity index is 0.000000396. The Bertz CT molecular complexity index is 835. The van der Waals surface area contributed by atoms with Crippen molar-refractivity contribution in [1.29, 1.82) is 0 Å². The number of hydrazone groups is 1. The topological polar surface area (TPSA) is 65.3 Å². The molecule has 1 aliphatic rings. The number of carbonyl (C=O) groups is 1. The summed E-state index contributed by atoms with van der Waals surface area (Å²) in [5.41, 5.74) is -0.155. The van der Waals surface area contributed by atoms with Crippen molar-refractivity contribution in [2.24, 2.45) is 10.1 Å². The number of halogens is 4. The number of alkyl halides is 3. The summed E-state index contributed by atoms with van der Waals surface area (Å²) in [5, 5.41) is 14.7. The maximum atomic E-state index is 13.1. The fraction of sp³-hybridized carbons (Fsp3) is 0.350. The number of carbonyl (C=O) groups excluding carboxylic acids is 1. The Kier molecular flexibility index (Phi) is 8.79. The molecule has 0 bridgehead atoms. The van der Waals surface area contributed by atoms with Crippen LogP contribution in [-0.2, 0) is 11.4 Å². The van der Waals surface area contributed by atoms with E-state index in [1.54, 1.807) is 31.2 Å². The smallest absolute Gasteiger partial charge is 0.392 e. The Hall–Kier alpha value is -2.45. The molecule has 0 amide bonds. The van der Waals surface area contributed by atoms with Crippen molar-refractivity contribution in [3.05, 3.63) is 58.3 Å². The first kappa shape index (κ1) is 24.6. The molecular weight excluding hydrogens is 407 g/mol. The molecule has 0 radical (unpaired) electrons. The third kappa shape index (κ3) is 6.01. The number of aliphatic hydroxyl groups excluding tert-OH is 1. The van der Waals surface area contributed by atoms with Gasteiger partial charge in [0.1, 0.15) is 6.29 Å². The van der Waals surface area contributed by atoms with Crippen molar-refractivity contribution in [3.8, 4) is 0 Å². The van der Waals surface area contributed by atoms with Gasteiger partial charge >= 0.3 is 6.18 Å². The average Bonchev–Trinajstić information content (AvgIpc) is 2.98. The first-order chi connectivity index (χ1) is 13.5. The van der Waals surface area contributed by atoms with E-state index in [2.05, 4.69) is 16.8 Å². The second-order valence-electron chi connectivity index (χ2n) is 6.38. The van der Waals surface area contributed by atoms with E-state index < -0.39 is 11.7 Å². The lowest BCUT2D eigenvalue weighted by atomic mass is 9.91. The SMILES string of the molecule is C=N/C=C\C(C=O)=C/C.CN1N=C(c2ccc(Cl)cc2CO)CC1(C)C(F)(F)F. The molecule has 0 fully saturated rings. The lowest BCUT2D eigenvalue weighted by Gasteiger charge is -2.33. The zero-order valence-corrected chi connectivity index (χ0v) is 17.1. The molecule has 0 saturated heterocycles. The predicted molar refractivity (Wildman–Crippen MR) is 109 cm³/mol. The van der Waals surface area contributed by atoms with Crippen LogP contribution in [0.2, 0.25) is 5.02 Å². The predicted octanol–water partition coefficient (Wildman–Crippen LogP) is 4.54. The molecule has 29 heavy (non-hydrogen) atoms. The maximum Gasteiger partial charge on any atom is 0.413 e. The van der Waals surface area contributed by atoms with Crippen LogP contribution in [0.1, 0.15) is 31.4 Å². The summed E-state index contributed by atoms with van der Waals surface area (Å²) >= 11 is 5.82. The number of hydrogen-bond donors (Lipinski definition) is 1. The van der Waals surface area contributed by atoms with E-state index in [1.807, 2.05) is 0 Å². The highest BCUT2D eigenvalue weighted by Gasteiger charge is 2.57. The number of aldehydes is 1. The molecule has 9 heteroatoms. The standard InChI is InChI=1S/C13H14ClF3N2O.C7H9NO/c1-12(13(15,16)17)6-11(18-19(12)2)10-4-3-9(14)5-8(10)7-20;1-3-7(6-9)4-5-8-2/h3-5,20H,6-7H2,1-2H3;3-6H,2H2,1H3/b;5-4-,7-3+. The van der Waals surface area contributed by atoms with Crippen molar-refractivity contribution < 1.29 is 23.1 Å². The van der Waals surface area contributed by atoms with E-state index in [9.17, 15) is 23.1 Å². The van der Waals surface area contributed by atoms with E-state index in [0.717, 1.165) is 18.2 Å². The normalized spacial score (nSPS) is 19.7. The highest BCUT2D eigenvalue weighted by Crippen LogP contribution is 2.42. The van der Waals surface area contributed by atoms with Crippen LogP contribution in [0.3, 0.4) is 0 Å². The van der Waals surface area contributed by atoms with Gasteiger partial charge in [-0.05, 0) is 44.3 Å². The minimum absolute atomic E-state index is 0.262. The van der Waals surface area contributed by atoms with Gasteiger partial charge in [-0.1, -0.05) is 23.7 Å². The quantitative estimate of drug-likeness (QED) is 0.323.